The lowest BCUT2D eigenvalue weighted by atomic mass is 9.97. The Morgan fingerprint density at radius 1 is 1.21 bits per heavy atom. The molecule has 0 aliphatic carbocycles. The minimum absolute atomic E-state index is 0.0543. The summed E-state index contributed by atoms with van der Waals surface area (Å²) in [6, 6.07) is 6.05. The van der Waals surface area contributed by atoms with Crippen molar-refractivity contribution in [3.63, 3.8) is 0 Å². The first-order valence-corrected chi connectivity index (χ1v) is 9.37. The summed E-state index contributed by atoms with van der Waals surface area (Å²) in [4.78, 5) is 17.1. The van der Waals surface area contributed by atoms with Crippen molar-refractivity contribution in [2.45, 2.75) is 31.8 Å². The Labute approximate surface area is 150 Å². The molecule has 3 heterocycles. The van der Waals surface area contributed by atoms with E-state index in [1.165, 1.54) is 11.3 Å². The lowest BCUT2D eigenvalue weighted by molar-refractivity contribution is 0.0803. The molecule has 128 valence electrons. The Hall–Kier alpha value is -1.55. The lowest BCUT2D eigenvalue weighted by Crippen LogP contribution is -2.49. The molecule has 3 rings (SSSR count). The molecular formula is C17H20ClN3O2S. The van der Waals surface area contributed by atoms with Crippen molar-refractivity contribution in [3.8, 4) is 6.07 Å². The zero-order valence-corrected chi connectivity index (χ0v) is 14.9. The van der Waals surface area contributed by atoms with Gasteiger partial charge < -0.3 is 14.9 Å². The molecule has 0 unspecified atom stereocenters. The lowest BCUT2D eigenvalue weighted by Gasteiger charge is -2.36. The molecule has 5 nitrogen and oxygen atoms in total. The Bertz CT molecular complexity index is 676. The van der Waals surface area contributed by atoms with Crippen LogP contribution < -0.4 is 0 Å². The number of nitrogens with zero attached hydrogens (tertiary/aromatic N) is 3. The zero-order valence-electron chi connectivity index (χ0n) is 13.4. The maximum atomic E-state index is 12.6. The van der Waals surface area contributed by atoms with E-state index in [2.05, 4.69) is 6.07 Å². The molecule has 0 radical (unpaired) electrons. The maximum Gasteiger partial charge on any atom is 0.320 e. The second-order valence-electron chi connectivity index (χ2n) is 6.18. The van der Waals surface area contributed by atoms with Crippen LogP contribution in [0, 0.1) is 11.3 Å². The highest BCUT2D eigenvalue weighted by Gasteiger charge is 2.28. The van der Waals surface area contributed by atoms with Crippen molar-refractivity contribution >= 4 is 34.5 Å². The number of rotatable bonds is 1. The number of allylic oxidation sites excluding steroid dienone is 1. The first-order chi connectivity index (χ1) is 11.6. The fraction of sp³-hybridized carbons (Fsp3) is 0.529. The number of hydrogen-bond donors (Lipinski definition) is 1. The van der Waals surface area contributed by atoms with E-state index in [1.54, 1.807) is 0 Å². The smallest absolute Gasteiger partial charge is 0.320 e. The number of nitriles is 1. The molecular weight excluding hydrogens is 346 g/mol. The van der Waals surface area contributed by atoms with E-state index in [1.807, 2.05) is 21.9 Å². The number of aliphatic hydroxyl groups excluding tert-OH is 1. The van der Waals surface area contributed by atoms with Crippen LogP contribution in [0.15, 0.2) is 17.7 Å². The van der Waals surface area contributed by atoms with Crippen molar-refractivity contribution in [2.75, 3.05) is 26.2 Å². The summed E-state index contributed by atoms with van der Waals surface area (Å²) in [5.74, 6) is 0. The summed E-state index contributed by atoms with van der Waals surface area (Å²) in [6.45, 7) is 2.52. The molecule has 2 aliphatic rings. The van der Waals surface area contributed by atoms with Gasteiger partial charge in [0, 0.05) is 31.1 Å². The summed E-state index contributed by atoms with van der Waals surface area (Å²) in [5, 5.41) is 19.0. The quantitative estimate of drug-likeness (QED) is 0.776. The molecule has 2 saturated heterocycles. The van der Waals surface area contributed by atoms with Gasteiger partial charge >= 0.3 is 6.03 Å². The van der Waals surface area contributed by atoms with Crippen molar-refractivity contribution < 1.29 is 9.90 Å². The number of carbonyl (C=O) groups is 1. The van der Waals surface area contributed by atoms with E-state index in [9.17, 15) is 15.2 Å². The second kappa shape index (κ2) is 7.56. The van der Waals surface area contributed by atoms with Crippen LogP contribution in [0.25, 0.3) is 5.57 Å². The predicted molar refractivity (Wildman–Crippen MR) is 94.9 cm³/mol. The van der Waals surface area contributed by atoms with Gasteiger partial charge in [0.25, 0.3) is 0 Å². The standard InChI is InChI=1S/C17H20ClN3O2S/c18-16-2-1-15(24-16)14(11-19)12-3-7-20(8-4-12)17(23)21-9-5-13(22)6-10-21/h1-2,13,22H,3-10H2. The summed E-state index contributed by atoms with van der Waals surface area (Å²) in [7, 11) is 0. The average Bonchev–Trinajstić information content (AvgIpc) is 3.02. The number of likely N-dealkylation sites (tertiary alicyclic amines) is 2. The van der Waals surface area contributed by atoms with E-state index in [0.717, 1.165) is 23.3 Å². The number of urea groups is 1. The molecule has 2 amide bonds. The molecule has 1 N–H and O–H groups in total. The van der Waals surface area contributed by atoms with Crippen LogP contribution in [0.5, 0.6) is 0 Å². The van der Waals surface area contributed by atoms with Crippen molar-refractivity contribution in [2.24, 2.45) is 0 Å². The van der Waals surface area contributed by atoms with Crippen LogP contribution in [0.4, 0.5) is 4.79 Å². The maximum absolute atomic E-state index is 12.6. The first kappa shape index (κ1) is 17.3. The van der Waals surface area contributed by atoms with E-state index >= 15 is 0 Å². The van der Waals surface area contributed by atoms with E-state index < -0.39 is 0 Å². The Morgan fingerprint density at radius 2 is 1.83 bits per heavy atom. The van der Waals surface area contributed by atoms with Gasteiger partial charge in [0.05, 0.1) is 16.0 Å². The molecule has 0 aromatic carbocycles. The normalized spacial score (nSPS) is 19.3. The third-order valence-electron chi connectivity index (χ3n) is 4.66. The molecule has 0 spiro atoms. The van der Waals surface area contributed by atoms with Gasteiger partial charge in [0.15, 0.2) is 0 Å². The highest BCUT2D eigenvalue weighted by molar-refractivity contribution is 7.17. The van der Waals surface area contributed by atoms with Gasteiger partial charge in [-0.05, 0) is 43.4 Å². The summed E-state index contributed by atoms with van der Waals surface area (Å²) in [6.07, 6.45) is 2.48. The van der Waals surface area contributed by atoms with Gasteiger partial charge in [-0.25, -0.2) is 4.79 Å². The van der Waals surface area contributed by atoms with Crippen LogP contribution in [0.1, 0.15) is 30.6 Å². The fourth-order valence-electron chi connectivity index (χ4n) is 3.23. The number of halogens is 1. The van der Waals surface area contributed by atoms with E-state index in [0.29, 0.717) is 48.9 Å². The molecule has 0 bridgehead atoms. The molecule has 0 atom stereocenters. The van der Waals surface area contributed by atoms with Gasteiger partial charge in [-0.3, -0.25) is 0 Å². The molecule has 24 heavy (non-hydrogen) atoms. The van der Waals surface area contributed by atoms with E-state index in [4.69, 9.17) is 11.6 Å². The monoisotopic (exact) mass is 365 g/mol. The highest BCUT2D eigenvalue weighted by Crippen LogP contribution is 2.32. The first-order valence-electron chi connectivity index (χ1n) is 8.18. The van der Waals surface area contributed by atoms with Gasteiger partial charge in [-0.1, -0.05) is 11.6 Å². The van der Waals surface area contributed by atoms with E-state index in [-0.39, 0.29) is 12.1 Å². The topological polar surface area (TPSA) is 67.6 Å². The number of aliphatic hydroxyl groups is 1. The largest absolute Gasteiger partial charge is 0.393 e. The average molecular weight is 366 g/mol. The summed E-state index contributed by atoms with van der Waals surface area (Å²) in [5.41, 5.74) is 1.81. The number of piperidine rings is 2. The van der Waals surface area contributed by atoms with Gasteiger partial charge in [-0.2, -0.15) is 5.26 Å². The number of carbonyl (C=O) groups excluding carboxylic acids is 1. The van der Waals surface area contributed by atoms with Gasteiger partial charge in [0.2, 0.25) is 0 Å². The minimum Gasteiger partial charge on any atom is -0.393 e. The minimum atomic E-state index is -0.277. The Balaban J connectivity index is 1.64. The highest BCUT2D eigenvalue weighted by atomic mass is 35.5. The number of amides is 2. The summed E-state index contributed by atoms with van der Waals surface area (Å²) < 4.78 is 0.679. The van der Waals surface area contributed by atoms with Gasteiger partial charge in [-0.15, -0.1) is 11.3 Å². The third-order valence-corrected chi connectivity index (χ3v) is 5.91. The molecule has 1 aromatic rings. The molecule has 2 fully saturated rings. The van der Waals surface area contributed by atoms with Crippen LogP contribution in [0.3, 0.4) is 0 Å². The Morgan fingerprint density at radius 3 is 2.38 bits per heavy atom. The fourth-order valence-corrected chi connectivity index (χ4v) is 4.32. The van der Waals surface area contributed by atoms with Crippen molar-refractivity contribution in [3.05, 3.63) is 26.9 Å². The van der Waals surface area contributed by atoms with Crippen LogP contribution in [0.2, 0.25) is 4.34 Å². The third kappa shape index (κ3) is 3.75. The number of hydrogen-bond acceptors (Lipinski definition) is 4. The molecule has 2 aliphatic heterocycles. The van der Waals surface area contributed by atoms with Crippen LogP contribution >= 0.6 is 22.9 Å². The predicted octanol–water partition coefficient (Wildman–Crippen LogP) is 3.35. The van der Waals surface area contributed by atoms with Crippen molar-refractivity contribution in [1.29, 1.82) is 5.26 Å². The Kier molecular flexibility index (Phi) is 5.44. The zero-order chi connectivity index (χ0) is 17.1. The van der Waals surface area contributed by atoms with Crippen molar-refractivity contribution in [1.82, 2.24) is 9.80 Å². The second-order valence-corrected chi connectivity index (χ2v) is 7.90. The SMILES string of the molecule is N#CC(=C1CCN(C(=O)N2CCC(O)CC2)CC1)c1ccc(Cl)s1. The number of thiophene rings is 1. The molecule has 1 aromatic heterocycles. The van der Waals surface area contributed by atoms with Gasteiger partial charge in [0.1, 0.15) is 6.07 Å². The van der Waals surface area contributed by atoms with Crippen LogP contribution in [-0.4, -0.2) is 53.2 Å². The molecule has 7 heteroatoms. The van der Waals surface area contributed by atoms with Crippen LogP contribution in [-0.2, 0) is 0 Å². The summed E-state index contributed by atoms with van der Waals surface area (Å²) >= 11 is 7.39. The molecule has 0 saturated carbocycles.